The Hall–Kier alpha value is -2.21. The molecule has 1 amide bonds. The van der Waals surface area contributed by atoms with Crippen LogP contribution in [0.4, 0.5) is 0 Å². The molecule has 6 heteroatoms. The van der Waals surface area contributed by atoms with E-state index in [1.54, 1.807) is 18.5 Å². The molecule has 1 atom stereocenters. The average molecular weight is 313 g/mol. The Morgan fingerprint density at radius 3 is 2.96 bits per heavy atom. The number of furan rings is 1. The van der Waals surface area contributed by atoms with Crippen LogP contribution in [0, 0.1) is 0 Å². The second-order valence-corrected chi connectivity index (χ2v) is 6.01. The van der Waals surface area contributed by atoms with Crippen LogP contribution in [-0.4, -0.2) is 47.1 Å². The van der Waals surface area contributed by atoms with Crippen LogP contribution in [-0.2, 0) is 17.6 Å². The molecule has 1 saturated heterocycles. The lowest BCUT2D eigenvalue weighted by Gasteiger charge is -2.18. The molecule has 4 rings (SSSR count). The molecular formula is C17H19N3O3. The summed E-state index contributed by atoms with van der Waals surface area (Å²) in [7, 11) is 0. The van der Waals surface area contributed by atoms with Gasteiger partial charge in [0.2, 0.25) is 0 Å². The van der Waals surface area contributed by atoms with Crippen molar-refractivity contribution >= 4 is 5.91 Å². The summed E-state index contributed by atoms with van der Waals surface area (Å²) in [5, 5.41) is 0. The summed E-state index contributed by atoms with van der Waals surface area (Å²) in [5.74, 6) is 0.701. The van der Waals surface area contributed by atoms with Crippen molar-refractivity contribution in [2.75, 3.05) is 26.3 Å². The third-order valence-electron chi connectivity index (χ3n) is 4.65. The van der Waals surface area contributed by atoms with E-state index < -0.39 is 0 Å². The molecule has 0 bridgehead atoms. The molecular weight excluding hydrogens is 294 g/mol. The number of carbonyl (C=O) groups excluding carboxylic acids is 1. The number of rotatable bonds is 2. The maximum Gasteiger partial charge on any atom is 0.289 e. The summed E-state index contributed by atoms with van der Waals surface area (Å²) >= 11 is 0. The Balaban J connectivity index is 1.56. The number of hydrogen-bond donors (Lipinski definition) is 0. The van der Waals surface area contributed by atoms with Crippen molar-refractivity contribution in [3.63, 3.8) is 0 Å². The van der Waals surface area contributed by atoms with Gasteiger partial charge < -0.3 is 14.1 Å². The van der Waals surface area contributed by atoms with E-state index in [0.29, 0.717) is 24.8 Å². The summed E-state index contributed by atoms with van der Waals surface area (Å²) in [4.78, 5) is 23.3. The molecule has 0 radical (unpaired) electrons. The van der Waals surface area contributed by atoms with E-state index in [2.05, 4.69) is 9.97 Å². The molecule has 2 aromatic rings. The van der Waals surface area contributed by atoms with Crippen LogP contribution in [0.1, 0.15) is 39.8 Å². The molecule has 0 aliphatic carbocycles. The summed E-state index contributed by atoms with van der Waals surface area (Å²) in [5.41, 5.74) is 3.38. The van der Waals surface area contributed by atoms with Crippen LogP contribution < -0.4 is 0 Å². The van der Waals surface area contributed by atoms with Crippen molar-refractivity contribution < 1.29 is 13.9 Å². The fourth-order valence-electron chi connectivity index (χ4n) is 3.41. The quantitative estimate of drug-likeness (QED) is 0.846. The number of amides is 1. The second-order valence-electron chi connectivity index (χ2n) is 6.01. The molecule has 2 aliphatic rings. The van der Waals surface area contributed by atoms with Crippen LogP contribution in [0.15, 0.2) is 29.1 Å². The number of nitrogens with zero attached hydrogens (tertiary/aromatic N) is 3. The number of ether oxygens (including phenoxy) is 1. The summed E-state index contributed by atoms with van der Waals surface area (Å²) in [6, 6.07) is 3.45. The predicted octanol–water partition coefficient (Wildman–Crippen LogP) is 1.81. The van der Waals surface area contributed by atoms with E-state index in [4.69, 9.17) is 9.15 Å². The van der Waals surface area contributed by atoms with Crippen LogP contribution in [0.2, 0.25) is 0 Å². The van der Waals surface area contributed by atoms with Crippen LogP contribution in [0.25, 0.3) is 0 Å². The molecule has 23 heavy (non-hydrogen) atoms. The SMILES string of the molecule is O=C(c1ccco1)N1CCc2ncnc(C3CCOC3)c2CC1. The van der Waals surface area contributed by atoms with E-state index in [-0.39, 0.29) is 5.91 Å². The lowest BCUT2D eigenvalue weighted by molar-refractivity contribution is 0.0731. The van der Waals surface area contributed by atoms with E-state index in [9.17, 15) is 4.79 Å². The van der Waals surface area contributed by atoms with Gasteiger partial charge in [-0.1, -0.05) is 0 Å². The molecule has 1 fully saturated rings. The fourth-order valence-corrected chi connectivity index (χ4v) is 3.41. The predicted molar refractivity (Wildman–Crippen MR) is 82.2 cm³/mol. The lowest BCUT2D eigenvalue weighted by atomic mass is 9.96. The van der Waals surface area contributed by atoms with Crippen molar-refractivity contribution in [2.45, 2.75) is 25.2 Å². The minimum atomic E-state index is -0.0542. The van der Waals surface area contributed by atoms with Gasteiger partial charge in [0.25, 0.3) is 5.91 Å². The Labute approximate surface area is 134 Å². The van der Waals surface area contributed by atoms with Gasteiger partial charge in [-0.2, -0.15) is 0 Å². The van der Waals surface area contributed by atoms with Gasteiger partial charge in [-0.15, -0.1) is 0 Å². The van der Waals surface area contributed by atoms with Crippen molar-refractivity contribution in [1.82, 2.24) is 14.9 Å². The molecule has 0 saturated carbocycles. The maximum absolute atomic E-state index is 12.5. The normalized spacial score (nSPS) is 21.0. The van der Waals surface area contributed by atoms with Crippen molar-refractivity contribution in [1.29, 1.82) is 0 Å². The van der Waals surface area contributed by atoms with Crippen LogP contribution in [0.3, 0.4) is 0 Å². The number of carbonyl (C=O) groups is 1. The fraction of sp³-hybridized carbons (Fsp3) is 0.471. The van der Waals surface area contributed by atoms with Gasteiger partial charge in [0.15, 0.2) is 5.76 Å². The number of aromatic nitrogens is 2. The third-order valence-corrected chi connectivity index (χ3v) is 4.65. The first-order valence-corrected chi connectivity index (χ1v) is 8.06. The van der Waals surface area contributed by atoms with Crippen LogP contribution >= 0.6 is 0 Å². The lowest BCUT2D eigenvalue weighted by Crippen LogP contribution is -2.33. The summed E-state index contributed by atoms with van der Waals surface area (Å²) in [6.45, 7) is 2.86. The zero-order chi connectivity index (χ0) is 15.6. The largest absolute Gasteiger partial charge is 0.459 e. The molecule has 2 aliphatic heterocycles. The minimum Gasteiger partial charge on any atom is -0.459 e. The van der Waals surface area contributed by atoms with Gasteiger partial charge >= 0.3 is 0 Å². The molecule has 0 aromatic carbocycles. The highest BCUT2D eigenvalue weighted by Crippen LogP contribution is 2.29. The zero-order valence-electron chi connectivity index (χ0n) is 12.9. The first-order chi connectivity index (χ1) is 11.3. The van der Waals surface area contributed by atoms with Gasteiger partial charge in [0.05, 0.1) is 18.6 Å². The molecule has 0 N–H and O–H groups in total. The Morgan fingerprint density at radius 2 is 2.17 bits per heavy atom. The Morgan fingerprint density at radius 1 is 1.26 bits per heavy atom. The van der Waals surface area contributed by atoms with E-state index in [1.807, 2.05) is 4.90 Å². The second kappa shape index (κ2) is 6.12. The third kappa shape index (κ3) is 2.74. The molecule has 2 aromatic heterocycles. The van der Waals surface area contributed by atoms with Gasteiger partial charge in [0.1, 0.15) is 6.33 Å². The number of fused-ring (bicyclic) bond motifs is 1. The molecule has 120 valence electrons. The summed E-state index contributed by atoms with van der Waals surface area (Å²) < 4.78 is 10.7. The van der Waals surface area contributed by atoms with Crippen molar-refractivity contribution in [3.05, 3.63) is 47.4 Å². The van der Waals surface area contributed by atoms with Gasteiger partial charge in [-0.05, 0) is 30.5 Å². The van der Waals surface area contributed by atoms with Gasteiger partial charge in [-0.25, -0.2) is 9.97 Å². The minimum absolute atomic E-state index is 0.0542. The highest BCUT2D eigenvalue weighted by Gasteiger charge is 2.27. The van der Waals surface area contributed by atoms with Gasteiger partial charge in [-0.3, -0.25) is 4.79 Å². The Kier molecular flexibility index (Phi) is 3.83. The van der Waals surface area contributed by atoms with E-state index in [1.165, 1.54) is 11.8 Å². The molecule has 4 heterocycles. The number of hydrogen-bond acceptors (Lipinski definition) is 5. The molecule has 0 spiro atoms. The summed E-state index contributed by atoms with van der Waals surface area (Å²) in [6.07, 6.45) is 5.73. The Bertz CT molecular complexity index is 693. The van der Waals surface area contributed by atoms with E-state index in [0.717, 1.165) is 43.9 Å². The topological polar surface area (TPSA) is 68.5 Å². The standard InChI is InChI=1S/C17H19N3O3/c21-17(15-2-1-8-23-15)20-6-3-13-14(4-7-20)18-11-19-16(13)12-5-9-22-10-12/h1-2,8,11-12H,3-7,9-10H2. The van der Waals surface area contributed by atoms with Crippen LogP contribution in [0.5, 0.6) is 0 Å². The first kappa shape index (κ1) is 14.4. The molecule has 6 nitrogen and oxygen atoms in total. The first-order valence-electron chi connectivity index (χ1n) is 8.06. The maximum atomic E-state index is 12.5. The van der Waals surface area contributed by atoms with E-state index >= 15 is 0 Å². The van der Waals surface area contributed by atoms with Crippen molar-refractivity contribution in [2.24, 2.45) is 0 Å². The highest BCUT2D eigenvalue weighted by molar-refractivity contribution is 5.91. The average Bonchev–Trinajstić information content (AvgIpc) is 3.24. The monoisotopic (exact) mass is 313 g/mol. The van der Waals surface area contributed by atoms with Gasteiger partial charge in [0, 0.05) is 37.7 Å². The molecule has 1 unspecified atom stereocenters. The zero-order valence-corrected chi connectivity index (χ0v) is 12.9. The van der Waals surface area contributed by atoms with Crippen molar-refractivity contribution in [3.8, 4) is 0 Å². The highest BCUT2D eigenvalue weighted by atomic mass is 16.5. The smallest absolute Gasteiger partial charge is 0.289 e.